The highest BCUT2D eigenvalue weighted by molar-refractivity contribution is 6.13. The van der Waals surface area contributed by atoms with Crippen molar-refractivity contribution in [3.8, 4) is 33.4 Å². The van der Waals surface area contributed by atoms with Crippen molar-refractivity contribution in [2.24, 2.45) is 0 Å². The van der Waals surface area contributed by atoms with E-state index < -0.39 is 0 Å². The SMILES string of the molecule is c1ccc(-c2cccc3c2oc2c(N(c4ccc(-c5ccc6ccccc6c5)cc4)c4cccc(-c5ccc6c(c5)oc5ccccc56)c4)cccc23)cc1. The average molecular weight is 704 g/mol. The molecule has 2 aromatic heterocycles. The molecule has 0 aliphatic rings. The number of benzene rings is 9. The van der Waals surface area contributed by atoms with E-state index in [0.717, 1.165) is 88.8 Å². The van der Waals surface area contributed by atoms with E-state index in [0.29, 0.717) is 0 Å². The van der Waals surface area contributed by atoms with Crippen molar-refractivity contribution in [1.29, 1.82) is 0 Å². The van der Waals surface area contributed by atoms with Crippen LogP contribution >= 0.6 is 0 Å². The van der Waals surface area contributed by atoms with Crippen LogP contribution < -0.4 is 4.90 Å². The molecule has 0 aliphatic carbocycles. The predicted molar refractivity (Wildman–Crippen MR) is 229 cm³/mol. The smallest absolute Gasteiger partial charge is 0.159 e. The van der Waals surface area contributed by atoms with Crippen LogP contribution in [0.15, 0.2) is 209 Å². The van der Waals surface area contributed by atoms with Crippen LogP contribution in [0.4, 0.5) is 17.1 Å². The van der Waals surface area contributed by atoms with Gasteiger partial charge in [-0.2, -0.15) is 0 Å². The number of hydrogen-bond acceptors (Lipinski definition) is 3. The lowest BCUT2D eigenvalue weighted by Gasteiger charge is -2.26. The number of para-hydroxylation sites is 3. The number of fused-ring (bicyclic) bond motifs is 7. The third kappa shape index (κ3) is 5.28. The molecule has 0 unspecified atom stereocenters. The fraction of sp³-hybridized carbons (Fsp3) is 0. The minimum absolute atomic E-state index is 0.841. The van der Waals surface area contributed by atoms with Crippen LogP contribution in [-0.4, -0.2) is 0 Å². The van der Waals surface area contributed by atoms with Gasteiger partial charge in [0.05, 0.1) is 5.69 Å². The van der Waals surface area contributed by atoms with Gasteiger partial charge >= 0.3 is 0 Å². The van der Waals surface area contributed by atoms with Gasteiger partial charge in [-0.3, -0.25) is 0 Å². The standard InChI is InChI=1S/C52H33NO2/c1-2-12-36(13-3-1)43-18-9-19-46-47-20-10-21-48(52(47)55-51(43)46)53(41-28-25-35(26-29-41)39-24-23-34-11-4-5-14-37(34)31-39)42-16-8-15-38(32-42)40-27-30-45-44-17-6-7-22-49(44)54-50(45)33-40/h1-33H. The number of hydrogen-bond donors (Lipinski definition) is 0. The van der Waals surface area contributed by atoms with Crippen molar-refractivity contribution >= 4 is 71.7 Å². The lowest BCUT2D eigenvalue weighted by Crippen LogP contribution is -2.10. The van der Waals surface area contributed by atoms with Gasteiger partial charge in [0.25, 0.3) is 0 Å². The number of furan rings is 2. The van der Waals surface area contributed by atoms with E-state index >= 15 is 0 Å². The highest BCUT2D eigenvalue weighted by Gasteiger charge is 2.21. The van der Waals surface area contributed by atoms with Crippen molar-refractivity contribution in [3.05, 3.63) is 200 Å². The molecular formula is C52H33NO2. The minimum Gasteiger partial charge on any atom is -0.456 e. The first-order valence-electron chi connectivity index (χ1n) is 18.7. The molecule has 3 heteroatoms. The van der Waals surface area contributed by atoms with Gasteiger partial charge in [-0.1, -0.05) is 146 Å². The maximum absolute atomic E-state index is 6.96. The van der Waals surface area contributed by atoms with Gasteiger partial charge in [-0.25, -0.2) is 0 Å². The molecule has 0 spiro atoms. The summed E-state index contributed by atoms with van der Waals surface area (Å²) in [5.74, 6) is 0. The Bertz CT molecular complexity index is 3210. The zero-order chi connectivity index (χ0) is 36.3. The summed E-state index contributed by atoms with van der Waals surface area (Å²) in [4.78, 5) is 2.32. The number of anilines is 3. The first-order chi connectivity index (χ1) is 27.2. The van der Waals surface area contributed by atoms with Crippen LogP contribution in [0.25, 0.3) is 88.0 Å². The largest absolute Gasteiger partial charge is 0.456 e. The number of nitrogens with zero attached hydrogens (tertiary/aromatic N) is 1. The second-order valence-electron chi connectivity index (χ2n) is 14.1. The highest BCUT2D eigenvalue weighted by Crippen LogP contribution is 2.45. The molecule has 0 N–H and O–H groups in total. The highest BCUT2D eigenvalue weighted by atomic mass is 16.3. The van der Waals surface area contributed by atoms with Crippen LogP contribution in [0.3, 0.4) is 0 Å². The van der Waals surface area contributed by atoms with E-state index in [4.69, 9.17) is 8.83 Å². The first kappa shape index (κ1) is 31.2. The van der Waals surface area contributed by atoms with Crippen molar-refractivity contribution in [1.82, 2.24) is 0 Å². The van der Waals surface area contributed by atoms with Crippen LogP contribution in [0.1, 0.15) is 0 Å². The molecule has 0 fully saturated rings. The van der Waals surface area contributed by atoms with Crippen molar-refractivity contribution in [3.63, 3.8) is 0 Å². The van der Waals surface area contributed by atoms with Gasteiger partial charge in [-0.15, -0.1) is 0 Å². The summed E-state index contributed by atoms with van der Waals surface area (Å²) in [6.07, 6.45) is 0. The predicted octanol–water partition coefficient (Wildman–Crippen LogP) is 15.1. The summed E-state index contributed by atoms with van der Waals surface area (Å²) in [6, 6.07) is 70.9. The molecule has 11 aromatic rings. The maximum atomic E-state index is 6.96. The molecule has 3 nitrogen and oxygen atoms in total. The van der Waals surface area contributed by atoms with Gasteiger partial charge in [-0.05, 0) is 93.2 Å². The Kier molecular flexibility index (Phi) is 7.17. The van der Waals surface area contributed by atoms with Gasteiger partial charge in [0.15, 0.2) is 5.58 Å². The molecular weight excluding hydrogens is 671 g/mol. The van der Waals surface area contributed by atoms with Crippen LogP contribution in [0.2, 0.25) is 0 Å². The minimum atomic E-state index is 0.841. The summed E-state index contributed by atoms with van der Waals surface area (Å²) in [5, 5.41) is 6.89. The lowest BCUT2D eigenvalue weighted by atomic mass is 10.00. The van der Waals surface area contributed by atoms with E-state index in [2.05, 4.69) is 187 Å². The molecule has 258 valence electrons. The zero-order valence-corrected chi connectivity index (χ0v) is 29.8. The molecule has 0 atom stereocenters. The van der Waals surface area contributed by atoms with Crippen LogP contribution in [-0.2, 0) is 0 Å². The van der Waals surface area contributed by atoms with Crippen molar-refractivity contribution in [2.45, 2.75) is 0 Å². The number of rotatable bonds is 6. The Morgan fingerprint density at radius 2 is 0.945 bits per heavy atom. The lowest BCUT2D eigenvalue weighted by molar-refractivity contribution is 0.669. The molecule has 9 aromatic carbocycles. The summed E-state index contributed by atoms with van der Waals surface area (Å²) in [7, 11) is 0. The first-order valence-corrected chi connectivity index (χ1v) is 18.7. The van der Waals surface area contributed by atoms with E-state index in [1.807, 2.05) is 18.2 Å². The summed E-state index contributed by atoms with van der Waals surface area (Å²) >= 11 is 0. The van der Waals surface area contributed by atoms with E-state index in [1.54, 1.807) is 0 Å². The Morgan fingerprint density at radius 3 is 1.84 bits per heavy atom. The monoisotopic (exact) mass is 703 g/mol. The summed E-state index contributed by atoms with van der Waals surface area (Å²) < 4.78 is 13.3. The Balaban J connectivity index is 1.08. The molecule has 0 saturated heterocycles. The topological polar surface area (TPSA) is 29.5 Å². The maximum Gasteiger partial charge on any atom is 0.159 e. The average Bonchev–Trinajstić information content (AvgIpc) is 3.83. The fourth-order valence-corrected chi connectivity index (χ4v) is 8.16. The molecule has 0 amide bonds. The van der Waals surface area contributed by atoms with E-state index in [1.165, 1.54) is 16.3 Å². The Hall–Kier alpha value is -7.36. The van der Waals surface area contributed by atoms with Gasteiger partial charge < -0.3 is 13.7 Å². The normalized spacial score (nSPS) is 11.6. The van der Waals surface area contributed by atoms with Gasteiger partial charge in [0.2, 0.25) is 0 Å². The molecule has 0 aliphatic heterocycles. The molecule has 0 saturated carbocycles. The molecule has 0 radical (unpaired) electrons. The zero-order valence-electron chi connectivity index (χ0n) is 29.8. The second-order valence-corrected chi connectivity index (χ2v) is 14.1. The van der Waals surface area contributed by atoms with Gasteiger partial charge in [0.1, 0.15) is 16.7 Å². The van der Waals surface area contributed by atoms with E-state index in [9.17, 15) is 0 Å². The molecule has 11 rings (SSSR count). The van der Waals surface area contributed by atoms with Gasteiger partial charge in [0, 0.05) is 38.5 Å². The Morgan fingerprint density at radius 1 is 0.309 bits per heavy atom. The molecule has 2 heterocycles. The van der Waals surface area contributed by atoms with Crippen molar-refractivity contribution in [2.75, 3.05) is 4.90 Å². The Labute approximate surface area is 317 Å². The summed E-state index contributed by atoms with van der Waals surface area (Å²) in [6.45, 7) is 0. The molecule has 0 bridgehead atoms. The molecule has 55 heavy (non-hydrogen) atoms. The quantitative estimate of drug-likeness (QED) is 0.173. The third-order valence-electron chi connectivity index (χ3n) is 10.9. The summed E-state index contributed by atoms with van der Waals surface area (Å²) in [5.41, 5.74) is 13.3. The van der Waals surface area contributed by atoms with E-state index in [-0.39, 0.29) is 0 Å². The van der Waals surface area contributed by atoms with Crippen molar-refractivity contribution < 1.29 is 8.83 Å². The fourth-order valence-electron chi connectivity index (χ4n) is 8.16. The second kappa shape index (κ2) is 12.6. The third-order valence-corrected chi connectivity index (χ3v) is 10.9. The van der Waals surface area contributed by atoms with Crippen LogP contribution in [0, 0.1) is 0 Å². The van der Waals surface area contributed by atoms with Crippen LogP contribution in [0.5, 0.6) is 0 Å².